The minimum absolute atomic E-state index is 0.121. The molecule has 14 heavy (non-hydrogen) atoms. The first-order valence-electron chi connectivity index (χ1n) is 4.19. The van der Waals surface area contributed by atoms with Crippen molar-refractivity contribution in [3.05, 3.63) is 27.8 Å². The zero-order valence-corrected chi connectivity index (χ0v) is 11.0. The molecule has 0 radical (unpaired) electrons. The summed E-state index contributed by atoms with van der Waals surface area (Å²) >= 11 is 2.18. The SMILES string of the molecule is CCS(=O)(=O)N(C)c1ccc(I)cc1. The van der Waals surface area contributed by atoms with E-state index in [9.17, 15) is 8.42 Å². The molecule has 0 fully saturated rings. The predicted molar refractivity (Wildman–Crippen MR) is 67.0 cm³/mol. The van der Waals surface area contributed by atoms with Crippen LogP contribution in [0.3, 0.4) is 0 Å². The Bertz CT molecular complexity index is 399. The number of sulfonamides is 1. The Hall–Kier alpha value is -0.300. The Kier molecular flexibility index (Phi) is 3.77. The molecule has 0 amide bonds. The molecule has 0 aliphatic rings. The molecule has 0 aromatic heterocycles. The highest BCUT2D eigenvalue weighted by Crippen LogP contribution is 2.17. The minimum Gasteiger partial charge on any atom is -0.273 e. The maximum absolute atomic E-state index is 11.5. The summed E-state index contributed by atoms with van der Waals surface area (Å²) < 4.78 is 25.4. The van der Waals surface area contributed by atoms with Crippen LogP contribution in [-0.2, 0) is 10.0 Å². The van der Waals surface area contributed by atoms with Crippen molar-refractivity contribution >= 4 is 38.3 Å². The van der Waals surface area contributed by atoms with E-state index in [1.807, 2.05) is 12.1 Å². The van der Waals surface area contributed by atoms with Crippen LogP contribution in [0.4, 0.5) is 5.69 Å². The molecule has 0 heterocycles. The van der Waals surface area contributed by atoms with Gasteiger partial charge in [0.1, 0.15) is 0 Å². The van der Waals surface area contributed by atoms with Crippen molar-refractivity contribution in [2.75, 3.05) is 17.1 Å². The smallest absolute Gasteiger partial charge is 0.234 e. The first-order chi connectivity index (χ1) is 6.47. The lowest BCUT2D eigenvalue weighted by atomic mass is 10.3. The van der Waals surface area contributed by atoms with Gasteiger partial charge in [-0.05, 0) is 53.8 Å². The Morgan fingerprint density at radius 1 is 1.29 bits per heavy atom. The molecule has 1 rings (SSSR count). The summed E-state index contributed by atoms with van der Waals surface area (Å²) in [6.45, 7) is 1.64. The average Bonchev–Trinajstić information content (AvgIpc) is 2.18. The van der Waals surface area contributed by atoms with Crippen molar-refractivity contribution in [2.24, 2.45) is 0 Å². The van der Waals surface area contributed by atoms with E-state index in [-0.39, 0.29) is 5.75 Å². The molecule has 0 aliphatic heterocycles. The number of benzene rings is 1. The lowest BCUT2D eigenvalue weighted by molar-refractivity contribution is 0.595. The van der Waals surface area contributed by atoms with E-state index in [0.29, 0.717) is 5.69 Å². The van der Waals surface area contributed by atoms with Gasteiger partial charge in [-0.3, -0.25) is 4.31 Å². The van der Waals surface area contributed by atoms with Crippen LogP contribution in [0, 0.1) is 3.57 Å². The second-order valence-electron chi connectivity index (χ2n) is 2.84. The first-order valence-corrected chi connectivity index (χ1v) is 6.88. The Balaban J connectivity index is 3.01. The molecular formula is C9H12INO2S. The van der Waals surface area contributed by atoms with E-state index in [0.717, 1.165) is 3.57 Å². The molecule has 1 aromatic rings. The molecule has 0 unspecified atom stereocenters. The average molecular weight is 325 g/mol. The fourth-order valence-corrected chi connectivity index (χ4v) is 2.20. The lowest BCUT2D eigenvalue weighted by Crippen LogP contribution is -2.27. The lowest BCUT2D eigenvalue weighted by Gasteiger charge is -2.18. The van der Waals surface area contributed by atoms with E-state index in [2.05, 4.69) is 22.6 Å². The third-order valence-corrected chi connectivity index (χ3v) is 4.47. The minimum atomic E-state index is -3.13. The monoisotopic (exact) mass is 325 g/mol. The van der Waals surface area contributed by atoms with E-state index in [1.54, 1.807) is 26.1 Å². The van der Waals surface area contributed by atoms with Crippen molar-refractivity contribution in [3.63, 3.8) is 0 Å². The molecule has 0 bridgehead atoms. The van der Waals surface area contributed by atoms with Crippen LogP contribution in [0.1, 0.15) is 6.92 Å². The number of rotatable bonds is 3. The number of hydrogen-bond donors (Lipinski definition) is 0. The number of halogens is 1. The fourth-order valence-electron chi connectivity index (χ4n) is 1.01. The van der Waals surface area contributed by atoms with Gasteiger partial charge in [0.05, 0.1) is 11.4 Å². The summed E-state index contributed by atoms with van der Waals surface area (Å²) in [5.74, 6) is 0.121. The first kappa shape index (κ1) is 11.8. The Morgan fingerprint density at radius 2 is 1.79 bits per heavy atom. The van der Waals surface area contributed by atoms with Crippen LogP contribution in [0.15, 0.2) is 24.3 Å². The van der Waals surface area contributed by atoms with Gasteiger partial charge >= 0.3 is 0 Å². The van der Waals surface area contributed by atoms with Gasteiger partial charge in [0.25, 0.3) is 0 Å². The van der Waals surface area contributed by atoms with Crippen molar-refractivity contribution < 1.29 is 8.42 Å². The largest absolute Gasteiger partial charge is 0.273 e. The summed E-state index contributed by atoms with van der Waals surface area (Å²) in [4.78, 5) is 0. The van der Waals surface area contributed by atoms with Gasteiger partial charge in [-0.25, -0.2) is 8.42 Å². The zero-order valence-electron chi connectivity index (χ0n) is 8.07. The number of hydrogen-bond acceptors (Lipinski definition) is 2. The maximum Gasteiger partial charge on any atom is 0.234 e. The Labute approximate surface area is 98.3 Å². The highest BCUT2D eigenvalue weighted by molar-refractivity contribution is 14.1. The molecule has 0 saturated heterocycles. The fraction of sp³-hybridized carbons (Fsp3) is 0.333. The molecular weight excluding hydrogens is 313 g/mol. The van der Waals surface area contributed by atoms with Crippen LogP contribution in [0.25, 0.3) is 0 Å². The summed E-state index contributed by atoms with van der Waals surface area (Å²) in [5.41, 5.74) is 0.701. The van der Waals surface area contributed by atoms with Gasteiger partial charge in [-0.1, -0.05) is 0 Å². The van der Waals surface area contributed by atoms with Gasteiger partial charge in [-0.15, -0.1) is 0 Å². The third-order valence-electron chi connectivity index (χ3n) is 1.97. The van der Waals surface area contributed by atoms with Gasteiger partial charge in [0.15, 0.2) is 0 Å². The van der Waals surface area contributed by atoms with Crippen LogP contribution in [0.5, 0.6) is 0 Å². The molecule has 1 aromatic carbocycles. The number of nitrogens with zero attached hydrogens (tertiary/aromatic N) is 1. The topological polar surface area (TPSA) is 37.4 Å². The molecule has 0 spiro atoms. The van der Waals surface area contributed by atoms with Gasteiger partial charge in [0, 0.05) is 10.6 Å². The zero-order chi connectivity index (χ0) is 10.8. The third kappa shape index (κ3) is 2.60. The highest BCUT2D eigenvalue weighted by Gasteiger charge is 2.14. The van der Waals surface area contributed by atoms with Crippen molar-refractivity contribution in [2.45, 2.75) is 6.92 Å². The second kappa shape index (κ2) is 4.48. The van der Waals surface area contributed by atoms with Gasteiger partial charge in [-0.2, -0.15) is 0 Å². The molecule has 0 saturated carbocycles. The molecule has 0 aliphatic carbocycles. The van der Waals surface area contributed by atoms with Crippen LogP contribution < -0.4 is 4.31 Å². The van der Waals surface area contributed by atoms with E-state index >= 15 is 0 Å². The summed E-state index contributed by atoms with van der Waals surface area (Å²) in [7, 11) is -1.56. The summed E-state index contributed by atoms with van der Waals surface area (Å²) in [5, 5.41) is 0. The molecule has 3 nitrogen and oxygen atoms in total. The maximum atomic E-state index is 11.5. The van der Waals surface area contributed by atoms with Crippen molar-refractivity contribution in [1.82, 2.24) is 0 Å². The molecule has 5 heteroatoms. The second-order valence-corrected chi connectivity index (χ2v) is 6.38. The van der Waals surface area contributed by atoms with Crippen LogP contribution in [0.2, 0.25) is 0 Å². The predicted octanol–water partition coefficient (Wildman–Crippen LogP) is 2.08. The van der Waals surface area contributed by atoms with E-state index in [1.165, 1.54) is 4.31 Å². The van der Waals surface area contributed by atoms with Gasteiger partial charge in [0.2, 0.25) is 10.0 Å². The standard InChI is InChI=1S/C9H12INO2S/c1-3-14(12,13)11(2)9-6-4-8(10)5-7-9/h4-7H,3H2,1-2H3. The highest BCUT2D eigenvalue weighted by atomic mass is 127. The van der Waals surface area contributed by atoms with Crippen molar-refractivity contribution in [3.8, 4) is 0 Å². The van der Waals surface area contributed by atoms with Crippen LogP contribution >= 0.6 is 22.6 Å². The van der Waals surface area contributed by atoms with Crippen LogP contribution in [-0.4, -0.2) is 21.2 Å². The molecule has 0 N–H and O–H groups in total. The van der Waals surface area contributed by atoms with Gasteiger partial charge < -0.3 is 0 Å². The normalized spacial score (nSPS) is 11.4. The van der Waals surface area contributed by atoms with Crippen molar-refractivity contribution in [1.29, 1.82) is 0 Å². The number of anilines is 1. The quantitative estimate of drug-likeness (QED) is 0.798. The summed E-state index contributed by atoms with van der Waals surface area (Å²) in [6, 6.07) is 7.37. The van der Waals surface area contributed by atoms with E-state index < -0.39 is 10.0 Å². The molecule has 78 valence electrons. The molecule has 0 atom stereocenters. The summed E-state index contributed by atoms with van der Waals surface area (Å²) in [6.07, 6.45) is 0. The Morgan fingerprint density at radius 3 is 2.21 bits per heavy atom. The van der Waals surface area contributed by atoms with E-state index in [4.69, 9.17) is 0 Å².